The fourth-order valence-corrected chi connectivity index (χ4v) is 2.86. The lowest BCUT2D eigenvalue weighted by Crippen LogP contribution is -2.30. The van der Waals surface area contributed by atoms with Crippen LogP contribution in [0.15, 0.2) is 48.2 Å². The van der Waals surface area contributed by atoms with E-state index in [0.717, 1.165) is 22.4 Å². The molecular weight excluding hydrogens is 304 g/mol. The van der Waals surface area contributed by atoms with Crippen molar-refractivity contribution >= 4 is 35.0 Å². The Hall–Kier alpha value is -2.46. The summed E-state index contributed by atoms with van der Waals surface area (Å²) in [5, 5.41) is 3.44. The summed E-state index contributed by atoms with van der Waals surface area (Å²) in [6.07, 6.45) is 1.84. The Kier molecular flexibility index (Phi) is 4.01. The number of carbonyl (C=O) groups is 1. The Morgan fingerprint density at radius 1 is 1.04 bits per heavy atom. The number of hydrogen-bond donors (Lipinski definition) is 1. The zero-order valence-corrected chi connectivity index (χ0v) is 14.2. The maximum absolute atomic E-state index is 12.7. The molecule has 0 aromatic heterocycles. The lowest BCUT2D eigenvalue weighted by atomic mass is 10.1. The molecule has 0 aliphatic carbocycles. The monoisotopic (exact) mass is 322 g/mol. The van der Waals surface area contributed by atoms with Crippen molar-refractivity contribution in [2.75, 3.05) is 4.90 Å². The summed E-state index contributed by atoms with van der Waals surface area (Å²) < 4.78 is 0. The Bertz CT molecular complexity index is 839. The van der Waals surface area contributed by atoms with Gasteiger partial charge in [-0.2, -0.15) is 0 Å². The van der Waals surface area contributed by atoms with Gasteiger partial charge in [0.05, 0.1) is 5.69 Å². The predicted molar refractivity (Wildman–Crippen MR) is 98.3 cm³/mol. The smallest absolute Gasteiger partial charge is 0.281 e. The van der Waals surface area contributed by atoms with Crippen molar-refractivity contribution in [2.24, 2.45) is 0 Å². The highest BCUT2D eigenvalue weighted by atomic mass is 32.1. The molecule has 0 atom stereocenters. The first-order valence-corrected chi connectivity index (χ1v) is 7.87. The minimum atomic E-state index is -0.125. The molecule has 23 heavy (non-hydrogen) atoms. The van der Waals surface area contributed by atoms with Crippen molar-refractivity contribution in [1.82, 2.24) is 5.32 Å². The lowest BCUT2D eigenvalue weighted by molar-refractivity contribution is -0.113. The van der Waals surface area contributed by atoms with Crippen molar-refractivity contribution in [3.63, 3.8) is 0 Å². The first-order valence-electron chi connectivity index (χ1n) is 7.47. The highest BCUT2D eigenvalue weighted by Crippen LogP contribution is 2.24. The molecule has 3 nitrogen and oxygen atoms in total. The van der Waals surface area contributed by atoms with Gasteiger partial charge in [0.15, 0.2) is 5.11 Å². The summed E-state index contributed by atoms with van der Waals surface area (Å²) >= 11 is 5.35. The van der Waals surface area contributed by atoms with Crippen LogP contribution < -0.4 is 10.2 Å². The maximum Gasteiger partial charge on any atom is 0.281 e. The van der Waals surface area contributed by atoms with Gasteiger partial charge in [0, 0.05) is 0 Å². The summed E-state index contributed by atoms with van der Waals surface area (Å²) in [4.78, 5) is 14.3. The Balaban J connectivity index is 1.95. The molecule has 0 unspecified atom stereocenters. The quantitative estimate of drug-likeness (QED) is 0.673. The summed E-state index contributed by atoms with van der Waals surface area (Å²) in [5.41, 5.74) is 5.75. The highest BCUT2D eigenvalue weighted by molar-refractivity contribution is 7.80. The molecule has 1 N–H and O–H groups in total. The van der Waals surface area contributed by atoms with Gasteiger partial charge >= 0.3 is 0 Å². The van der Waals surface area contributed by atoms with Crippen LogP contribution in [0.1, 0.15) is 22.3 Å². The van der Waals surface area contributed by atoms with Crippen LogP contribution in [-0.2, 0) is 4.79 Å². The lowest BCUT2D eigenvalue weighted by Gasteiger charge is -2.15. The van der Waals surface area contributed by atoms with Crippen molar-refractivity contribution in [3.05, 3.63) is 70.4 Å². The molecule has 0 radical (unpaired) electrons. The number of hydrogen-bond acceptors (Lipinski definition) is 2. The molecule has 0 spiro atoms. The van der Waals surface area contributed by atoms with E-state index in [1.165, 1.54) is 5.56 Å². The van der Waals surface area contributed by atoms with Crippen LogP contribution in [0.2, 0.25) is 0 Å². The molecule has 4 heteroatoms. The normalized spacial score (nSPS) is 16.1. The number of rotatable bonds is 2. The molecule has 1 saturated heterocycles. The Morgan fingerprint density at radius 3 is 2.52 bits per heavy atom. The van der Waals surface area contributed by atoms with E-state index in [1.807, 2.05) is 69.3 Å². The topological polar surface area (TPSA) is 32.3 Å². The maximum atomic E-state index is 12.7. The number of benzene rings is 2. The van der Waals surface area contributed by atoms with Crippen LogP contribution >= 0.6 is 12.2 Å². The van der Waals surface area contributed by atoms with Gasteiger partial charge < -0.3 is 5.32 Å². The number of nitrogens with one attached hydrogen (secondary N) is 1. The van der Waals surface area contributed by atoms with Crippen LogP contribution in [0.25, 0.3) is 6.08 Å². The minimum Gasteiger partial charge on any atom is -0.327 e. The molecule has 0 bridgehead atoms. The summed E-state index contributed by atoms with van der Waals surface area (Å²) in [5.74, 6) is -0.125. The minimum absolute atomic E-state index is 0.125. The second-order valence-corrected chi connectivity index (χ2v) is 6.20. The summed E-state index contributed by atoms with van der Waals surface area (Å²) in [7, 11) is 0. The fourth-order valence-electron chi connectivity index (χ4n) is 2.56. The molecule has 1 aliphatic rings. The molecular formula is C19H18N2OS. The average Bonchev–Trinajstić information content (AvgIpc) is 2.77. The SMILES string of the molecule is Cc1cccc(/C=C2\NC(=S)N(c3ccc(C)c(C)c3)C2=O)c1. The van der Waals surface area contributed by atoms with E-state index in [9.17, 15) is 4.79 Å². The molecule has 1 amide bonds. The number of amides is 1. The molecule has 3 rings (SSSR count). The Labute approximate surface area is 141 Å². The average molecular weight is 322 g/mol. The van der Waals surface area contributed by atoms with Gasteiger partial charge in [-0.05, 0) is 67.9 Å². The van der Waals surface area contributed by atoms with Crippen molar-refractivity contribution in [2.45, 2.75) is 20.8 Å². The first kappa shape index (κ1) is 15.4. The van der Waals surface area contributed by atoms with Gasteiger partial charge in [-0.25, -0.2) is 0 Å². The number of carbonyl (C=O) groups excluding carboxylic acids is 1. The van der Waals surface area contributed by atoms with Gasteiger partial charge in [0.25, 0.3) is 5.91 Å². The first-order chi connectivity index (χ1) is 11.0. The third-order valence-electron chi connectivity index (χ3n) is 3.98. The van der Waals surface area contributed by atoms with E-state index in [0.29, 0.717) is 10.8 Å². The molecule has 0 saturated carbocycles. The van der Waals surface area contributed by atoms with Crippen molar-refractivity contribution in [1.29, 1.82) is 0 Å². The van der Waals surface area contributed by atoms with Crippen LogP contribution in [-0.4, -0.2) is 11.0 Å². The van der Waals surface area contributed by atoms with Crippen LogP contribution in [0.4, 0.5) is 5.69 Å². The van der Waals surface area contributed by atoms with Crippen LogP contribution in [0.5, 0.6) is 0 Å². The van der Waals surface area contributed by atoms with Gasteiger partial charge in [-0.15, -0.1) is 0 Å². The van der Waals surface area contributed by atoms with E-state index in [2.05, 4.69) is 5.32 Å². The number of aryl methyl sites for hydroxylation is 3. The largest absolute Gasteiger partial charge is 0.327 e. The van der Waals surface area contributed by atoms with Crippen molar-refractivity contribution in [3.8, 4) is 0 Å². The van der Waals surface area contributed by atoms with Gasteiger partial charge in [-0.3, -0.25) is 9.69 Å². The highest BCUT2D eigenvalue weighted by Gasteiger charge is 2.32. The third kappa shape index (κ3) is 3.03. The van der Waals surface area contributed by atoms with Gasteiger partial charge in [0.1, 0.15) is 5.70 Å². The standard InChI is InChI=1S/C19H18N2OS/c1-12-5-4-6-15(9-12)11-17-18(22)21(19(23)20-17)16-8-7-13(2)14(3)10-16/h4-11H,1-3H3,(H,20,23)/b17-11-. The summed E-state index contributed by atoms with van der Waals surface area (Å²) in [6, 6.07) is 13.9. The molecule has 116 valence electrons. The van der Waals surface area contributed by atoms with E-state index in [-0.39, 0.29) is 5.91 Å². The molecule has 1 aliphatic heterocycles. The van der Waals surface area contributed by atoms with Crippen molar-refractivity contribution < 1.29 is 4.79 Å². The molecule has 2 aromatic carbocycles. The van der Waals surface area contributed by atoms with Gasteiger partial charge in [0.2, 0.25) is 0 Å². The van der Waals surface area contributed by atoms with E-state index in [1.54, 1.807) is 4.90 Å². The number of nitrogens with zero attached hydrogens (tertiary/aromatic N) is 1. The van der Waals surface area contributed by atoms with E-state index in [4.69, 9.17) is 12.2 Å². The predicted octanol–water partition coefficient (Wildman–Crippen LogP) is 3.87. The number of anilines is 1. The third-order valence-corrected chi connectivity index (χ3v) is 4.26. The van der Waals surface area contributed by atoms with Crippen LogP contribution in [0.3, 0.4) is 0 Å². The van der Waals surface area contributed by atoms with Crippen LogP contribution in [0, 0.1) is 20.8 Å². The second-order valence-electron chi connectivity index (χ2n) is 5.81. The number of thiocarbonyl (C=S) groups is 1. The second kappa shape index (κ2) is 5.97. The van der Waals surface area contributed by atoms with E-state index < -0.39 is 0 Å². The molecule has 1 heterocycles. The summed E-state index contributed by atoms with van der Waals surface area (Å²) in [6.45, 7) is 6.10. The van der Waals surface area contributed by atoms with E-state index >= 15 is 0 Å². The zero-order valence-electron chi connectivity index (χ0n) is 13.4. The Morgan fingerprint density at radius 2 is 1.83 bits per heavy atom. The molecule has 2 aromatic rings. The zero-order chi connectivity index (χ0) is 16.6. The fraction of sp³-hybridized carbons (Fsp3) is 0.158. The van der Waals surface area contributed by atoms with Gasteiger partial charge in [-0.1, -0.05) is 35.9 Å². The molecule has 1 fully saturated rings.